The van der Waals surface area contributed by atoms with E-state index in [0.29, 0.717) is 6.42 Å². The van der Waals surface area contributed by atoms with Crippen LogP contribution in [0.15, 0.2) is 59.3 Å². The molecule has 0 saturated carbocycles. The lowest BCUT2D eigenvalue weighted by atomic mass is 10.1. The molecule has 3 rings (SSSR count). The Labute approximate surface area is 165 Å². The third-order valence-electron chi connectivity index (χ3n) is 3.96. The smallest absolute Gasteiger partial charge is 0.340 e. The number of amides is 2. The lowest BCUT2D eigenvalue weighted by Gasteiger charge is -2.18. The van der Waals surface area contributed by atoms with Crippen LogP contribution in [0.1, 0.15) is 23.7 Å². The van der Waals surface area contributed by atoms with Crippen LogP contribution in [0.4, 0.5) is 15.8 Å². The van der Waals surface area contributed by atoms with Gasteiger partial charge in [0.25, 0.3) is 11.8 Å². The maximum Gasteiger partial charge on any atom is 0.340 e. The summed E-state index contributed by atoms with van der Waals surface area (Å²) in [6.07, 6.45) is 0.625. The molecule has 0 aromatic heterocycles. The average Bonchev–Trinajstić information content (AvgIpc) is 2.91. The van der Waals surface area contributed by atoms with E-state index >= 15 is 0 Å². The first-order valence-electron chi connectivity index (χ1n) is 8.52. The Hall–Kier alpha value is -3.19. The van der Waals surface area contributed by atoms with Gasteiger partial charge in [-0.2, -0.15) is 0 Å². The number of hydrogen-bond acceptors (Lipinski definition) is 5. The third kappa shape index (κ3) is 3.61. The molecule has 1 aliphatic heterocycles. The number of imide groups is 1. The number of esters is 1. The van der Waals surface area contributed by atoms with E-state index in [1.165, 1.54) is 30.3 Å². The Kier molecular flexibility index (Phi) is 5.75. The molecule has 28 heavy (non-hydrogen) atoms. The summed E-state index contributed by atoms with van der Waals surface area (Å²) in [4.78, 5) is 38.6. The quantitative estimate of drug-likeness (QED) is 0.587. The summed E-state index contributed by atoms with van der Waals surface area (Å²) in [5.41, 5.74) is -0.181. The first-order valence-corrected chi connectivity index (χ1v) is 8.89. The van der Waals surface area contributed by atoms with Crippen LogP contribution in [0.25, 0.3) is 0 Å². The van der Waals surface area contributed by atoms with E-state index in [4.69, 9.17) is 16.3 Å². The summed E-state index contributed by atoms with van der Waals surface area (Å²) < 4.78 is 19.0. The molecule has 8 heteroatoms. The van der Waals surface area contributed by atoms with Gasteiger partial charge in [0.2, 0.25) is 0 Å². The van der Waals surface area contributed by atoms with E-state index < -0.39 is 28.6 Å². The predicted molar refractivity (Wildman–Crippen MR) is 102 cm³/mol. The molecule has 0 saturated heterocycles. The molecule has 6 nitrogen and oxygen atoms in total. The molecule has 2 aromatic rings. The number of para-hydroxylation sites is 2. The average molecular weight is 403 g/mol. The minimum absolute atomic E-state index is 0.00529. The van der Waals surface area contributed by atoms with Gasteiger partial charge in [-0.3, -0.25) is 9.59 Å². The molecule has 0 fully saturated rings. The Morgan fingerprint density at radius 3 is 2.50 bits per heavy atom. The van der Waals surface area contributed by atoms with Gasteiger partial charge in [0, 0.05) is 0 Å². The van der Waals surface area contributed by atoms with Gasteiger partial charge >= 0.3 is 5.97 Å². The number of benzene rings is 2. The summed E-state index contributed by atoms with van der Waals surface area (Å²) in [7, 11) is 0. The lowest BCUT2D eigenvalue weighted by molar-refractivity contribution is -0.120. The number of carbonyl (C=O) groups excluding carboxylic acids is 3. The molecule has 1 N–H and O–H groups in total. The van der Waals surface area contributed by atoms with Crippen LogP contribution < -0.4 is 10.2 Å². The van der Waals surface area contributed by atoms with Crippen molar-refractivity contribution in [1.29, 1.82) is 0 Å². The number of rotatable bonds is 6. The van der Waals surface area contributed by atoms with E-state index in [-0.39, 0.29) is 29.2 Å². The summed E-state index contributed by atoms with van der Waals surface area (Å²) in [6, 6.07) is 11.7. The Morgan fingerprint density at radius 1 is 1.11 bits per heavy atom. The second-order valence-corrected chi connectivity index (χ2v) is 6.27. The molecule has 0 aliphatic carbocycles. The fourth-order valence-electron chi connectivity index (χ4n) is 2.64. The summed E-state index contributed by atoms with van der Waals surface area (Å²) in [5, 5.41) is 2.17. The van der Waals surface area contributed by atoms with Crippen LogP contribution >= 0.6 is 11.6 Å². The van der Waals surface area contributed by atoms with Crippen molar-refractivity contribution in [2.45, 2.75) is 13.3 Å². The minimum atomic E-state index is -0.818. The first-order chi connectivity index (χ1) is 13.5. The van der Waals surface area contributed by atoms with Gasteiger partial charge in [0.1, 0.15) is 16.5 Å². The van der Waals surface area contributed by atoms with Crippen molar-refractivity contribution in [1.82, 2.24) is 0 Å². The van der Waals surface area contributed by atoms with E-state index in [1.807, 2.05) is 6.92 Å². The van der Waals surface area contributed by atoms with Gasteiger partial charge in [-0.05, 0) is 30.7 Å². The van der Waals surface area contributed by atoms with Crippen LogP contribution in [0.2, 0.25) is 0 Å². The van der Waals surface area contributed by atoms with Crippen LogP contribution in [0, 0.1) is 5.82 Å². The number of halogens is 2. The molecule has 0 unspecified atom stereocenters. The van der Waals surface area contributed by atoms with Crippen molar-refractivity contribution in [3.63, 3.8) is 0 Å². The van der Waals surface area contributed by atoms with E-state index in [0.717, 1.165) is 4.90 Å². The molecule has 0 spiro atoms. The largest absolute Gasteiger partial charge is 0.462 e. The molecular formula is C20H16ClFN2O4. The van der Waals surface area contributed by atoms with Gasteiger partial charge in [-0.15, -0.1) is 0 Å². The number of nitrogens with one attached hydrogen (secondary N) is 1. The molecule has 1 aliphatic rings. The highest BCUT2D eigenvalue weighted by Crippen LogP contribution is 2.32. The maximum absolute atomic E-state index is 13.9. The van der Waals surface area contributed by atoms with Crippen LogP contribution in [0.5, 0.6) is 0 Å². The Balaban J connectivity index is 1.94. The lowest BCUT2D eigenvalue weighted by Crippen LogP contribution is -2.33. The van der Waals surface area contributed by atoms with Gasteiger partial charge in [-0.25, -0.2) is 14.1 Å². The number of ether oxygens (including phenoxy) is 1. The molecular weight excluding hydrogens is 387 g/mol. The van der Waals surface area contributed by atoms with Crippen molar-refractivity contribution in [3.05, 3.63) is 70.6 Å². The zero-order chi connectivity index (χ0) is 20.3. The van der Waals surface area contributed by atoms with Crippen molar-refractivity contribution in [2.75, 3.05) is 16.8 Å². The molecule has 144 valence electrons. The Morgan fingerprint density at radius 2 is 1.79 bits per heavy atom. The summed E-state index contributed by atoms with van der Waals surface area (Å²) >= 11 is 6.05. The standard InChI is InChI=1S/C20H16ClFN2O4/c1-2-11-28-20(27)12-7-3-6-10-15(12)24-18(25)16(21)17(19(24)26)23-14-9-5-4-8-13(14)22/h3-10,23H,2,11H2,1H3. The highest BCUT2D eigenvalue weighted by atomic mass is 35.5. The minimum Gasteiger partial charge on any atom is -0.462 e. The monoisotopic (exact) mass is 402 g/mol. The number of anilines is 2. The zero-order valence-corrected chi connectivity index (χ0v) is 15.6. The van der Waals surface area contributed by atoms with Crippen molar-refractivity contribution in [2.24, 2.45) is 0 Å². The van der Waals surface area contributed by atoms with Crippen LogP contribution in [0.3, 0.4) is 0 Å². The molecule has 2 aromatic carbocycles. The normalized spacial score (nSPS) is 13.9. The van der Waals surface area contributed by atoms with Crippen molar-refractivity contribution < 1.29 is 23.5 Å². The molecule has 0 atom stereocenters. The first kappa shape index (κ1) is 19.6. The van der Waals surface area contributed by atoms with Crippen molar-refractivity contribution in [3.8, 4) is 0 Å². The van der Waals surface area contributed by atoms with E-state index in [2.05, 4.69) is 5.32 Å². The topological polar surface area (TPSA) is 75.7 Å². The number of nitrogens with zero attached hydrogens (tertiary/aromatic N) is 1. The van der Waals surface area contributed by atoms with Gasteiger partial charge in [0.05, 0.1) is 23.5 Å². The zero-order valence-electron chi connectivity index (χ0n) is 14.9. The van der Waals surface area contributed by atoms with Crippen molar-refractivity contribution >= 4 is 40.8 Å². The SMILES string of the molecule is CCCOC(=O)c1ccccc1N1C(=O)C(Cl)=C(Nc2ccccc2F)C1=O. The number of carbonyl (C=O) groups is 3. The highest BCUT2D eigenvalue weighted by Gasteiger charge is 2.40. The summed E-state index contributed by atoms with van der Waals surface area (Å²) in [6.45, 7) is 2.05. The van der Waals surface area contributed by atoms with E-state index in [9.17, 15) is 18.8 Å². The van der Waals surface area contributed by atoms with Crippen LogP contribution in [-0.4, -0.2) is 24.4 Å². The van der Waals surface area contributed by atoms with Crippen LogP contribution in [-0.2, 0) is 14.3 Å². The molecule has 2 amide bonds. The van der Waals surface area contributed by atoms with E-state index in [1.54, 1.807) is 18.2 Å². The fraction of sp³-hybridized carbons (Fsp3) is 0.150. The highest BCUT2D eigenvalue weighted by molar-refractivity contribution is 6.53. The molecule has 0 radical (unpaired) electrons. The second kappa shape index (κ2) is 8.22. The maximum atomic E-state index is 13.9. The van der Waals surface area contributed by atoms with Gasteiger partial charge in [0.15, 0.2) is 0 Å². The number of hydrogen-bond donors (Lipinski definition) is 1. The molecule has 0 bridgehead atoms. The van der Waals surface area contributed by atoms with Gasteiger partial charge < -0.3 is 10.1 Å². The third-order valence-corrected chi connectivity index (χ3v) is 4.31. The fourth-order valence-corrected chi connectivity index (χ4v) is 2.85. The second-order valence-electron chi connectivity index (χ2n) is 5.89. The van der Waals surface area contributed by atoms with Gasteiger partial charge in [-0.1, -0.05) is 42.8 Å². The molecule has 1 heterocycles. The predicted octanol–water partition coefficient (Wildman–Crippen LogP) is 3.83. The summed E-state index contributed by atoms with van der Waals surface area (Å²) in [5.74, 6) is -2.89. The Bertz CT molecular complexity index is 990.